The monoisotopic (exact) mass is 1700 g/mol. The summed E-state index contributed by atoms with van der Waals surface area (Å²) >= 11 is 9.76. The van der Waals surface area contributed by atoms with E-state index in [0.29, 0.717) is 69.7 Å². The number of hydrogen-bond donors (Lipinski definition) is 0. The van der Waals surface area contributed by atoms with Crippen LogP contribution in [-0.4, -0.2) is 201 Å². The highest BCUT2D eigenvalue weighted by Crippen LogP contribution is 2.24. The standard InChI is InChI=1S/C12H20N2O2S.C9H12N2O2S.C9H14N2O2S.C9H10N2O2S.C8H10N2O3S.C8H12N2O2S.C7H10N2O3S.C6H8N2O3S/c1-4-6-7-10(5-2)8-16-12(15)11-14-13-9(3)17-11;1-6-10-11-8(14-6)9(12)13-7-4-2-3-5-7;1-6-10-11-7(14-6)8(12)13-5-9(2,3)4;1-5-9(3,4)13-8(12)7-11-10-6(2)14-7;1-3-4-6(11)13-8(12)7-10-9-5(2)14-7;1-5(2)4-12-8(11)7-10-9-6(3)13-7;1-5-8-9-6(13-5)7(10)12-4-3-11-2;1-4-7-8-5(12-4)6(9)11-3-10-2/h10H,4-8H2,1-3H3;7H,2-5H2,1H3;5H2,1-4H3;1H,2-4H3;3-4H2,1-2H3;5H,4H2,1-3H3;3-4H2,1-2H3;3H2,1-2H3. The van der Waals surface area contributed by atoms with Gasteiger partial charge < -0.3 is 47.4 Å². The van der Waals surface area contributed by atoms with Crippen LogP contribution in [-0.2, 0) is 52.2 Å². The average Bonchev–Trinajstić information content (AvgIpc) is 1.82. The van der Waals surface area contributed by atoms with Gasteiger partial charge in [0.2, 0.25) is 40.1 Å². The zero-order valence-corrected chi connectivity index (χ0v) is 72.3. The number of hydrogen-bond acceptors (Lipinski definition) is 43. The minimum Gasteiger partial charge on any atom is -0.460 e. The van der Waals surface area contributed by atoms with E-state index in [1.165, 1.54) is 99.3 Å². The van der Waals surface area contributed by atoms with Crippen molar-refractivity contribution in [2.24, 2.45) is 17.3 Å². The number of esters is 9. The highest BCUT2D eigenvalue weighted by Gasteiger charge is 2.26. The van der Waals surface area contributed by atoms with Crippen molar-refractivity contribution in [1.29, 1.82) is 0 Å². The molecule has 0 spiro atoms. The molecule has 43 heteroatoms. The van der Waals surface area contributed by atoms with Gasteiger partial charge in [0, 0.05) is 20.6 Å². The second kappa shape index (κ2) is 53.4. The Hall–Kier alpha value is -8.61. The molecule has 8 heterocycles. The molecule has 0 aromatic carbocycles. The fraction of sp³-hybridized carbons (Fsp3) is 0.603. The third-order valence-electron chi connectivity index (χ3n) is 12.5. The molecule has 0 saturated heterocycles. The van der Waals surface area contributed by atoms with Gasteiger partial charge in [-0.15, -0.1) is 88.0 Å². The van der Waals surface area contributed by atoms with Crippen LogP contribution < -0.4 is 0 Å². The summed E-state index contributed by atoms with van der Waals surface area (Å²) in [4.78, 5) is 102. The van der Waals surface area contributed by atoms with E-state index in [-0.39, 0.29) is 75.2 Å². The van der Waals surface area contributed by atoms with E-state index in [4.69, 9.17) is 39.6 Å². The van der Waals surface area contributed by atoms with E-state index >= 15 is 0 Å². The molecule has 1 aliphatic rings. The van der Waals surface area contributed by atoms with Crippen LogP contribution >= 0.6 is 90.7 Å². The van der Waals surface area contributed by atoms with Crippen molar-refractivity contribution in [2.75, 3.05) is 54.0 Å². The Kier molecular flexibility index (Phi) is 47.3. The molecule has 35 nitrogen and oxygen atoms in total. The minimum absolute atomic E-state index is 0.0185. The molecule has 8 aromatic heterocycles. The van der Waals surface area contributed by atoms with Gasteiger partial charge in [0.25, 0.3) is 0 Å². The molecule has 610 valence electrons. The van der Waals surface area contributed by atoms with Crippen LogP contribution in [0.25, 0.3) is 0 Å². The summed E-state index contributed by atoms with van der Waals surface area (Å²) in [6, 6.07) is 0. The van der Waals surface area contributed by atoms with E-state index < -0.39 is 35.4 Å². The molecule has 1 fully saturated rings. The van der Waals surface area contributed by atoms with Gasteiger partial charge in [-0.2, -0.15) is 0 Å². The molecule has 111 heavy (non-hydrogen) atoms. The Labute approximate surface area is 676 Å². The number of unbranched alkanes of at least 4 members (excludes halogenated alkanes) is 1. The predicted molar refractivity (Wildman–Crippen MR) is 416 cm³/mol. The van der Waals surface area contributed by atoms with Gasteiger partial charge in [-0.1, -0.05) is 171 Å². The Balaban J connectivity index is 0.000000431. The predicted octanol–water partition coefficient (Wildman–Crippen LogP) is 12.9. The van der Waals surface area contributed by atoms with Gasteiger partial charge in [-0.05, 0) is 125 Å². The molecule has 1 unspecified atom stereocenters. The maximum atomic E-state index is 11.6. The molecular weight excluding hydrogens is 1600 g/mol. The number of nitrogens with zero attached hydrogens (tertiary/aromatic N) is 16. The number of ether oxygens (including phenoxy) is 10. The first kappa shape index (κ1) is 98.5. The Morgan fingerprint density at radius 3 is 1.12 bits per heavy atom. The lowest BCUT2D eigenvalue weighted by atomic mass is 9.99. The number of carbonyl (C=O) groups is 9. The van der Waals surface area contributed by atoms with Crippen LogP contribution in [0.4, 0.5) is 0 Å². The number of terminal acetylenes is 1. The summed E-state index contributed by atoms with van der Waals surface area (Å²) in [5, 5.41) is 67.5. The summed E-state index contributed by atoms with van der Waals surface area (Å²) in [7, 11) is 2.99. The molecule has 9 rings (SSSR count). The summed E-state index contributed by atoms with van der Waals surface area (Å²) in [5.41, 5.74) is -0.925. The van der Waals surface area contributed by atoms with Gasteiger partial charge in [-0.25, -0.2) is 38.4 Å². The number of aryl methyl sites for hydroxylation is 8. The topological polar surface area (TPSA) is 452 Å². The molecule has 8 aromatic rings. The zero-order chi connectivity index (χ0) is 83.2. The maximum Gasteiger partial charge on any atom is 0.377 e. The summed E-state index contributed by atoms with van der Waals surface area (Å²) in [6.07, 6.45) is 15.0. The number of rotatable bonds is 26. The van der Waals surface area contributed by atoms with Gasteiger partial charge in [-0.3, -0.25) is 4.79 Å². The van der Waals surface area contributed by atoms with Crippen molar-refractivity contribution in [2.45, 2.75) is 201 Å². The molecule has 1 atom stereocenters. The fourth-order valence-electron chi connectivity index (χ4n) is 7.20. The Morgan fingerprint density at radius 2 is 0.793 bits per heavy atom. The first-order valence-electron chi connectivity index (χ1n) is 34.4. The third-order valence-corrected chi connectivity index (χ3v) is 19.1. The van der Waals surface area contributed by atoms with E-state index in [2.05, 4.69) is 116 Å². The quantitative estimate of drug-likeness (QED) is 0.0121. The zero-order valence-electron chi connectivity index (χ0n) is 65.8. The third kappa shape index (κ3) is 43.1. The summed E-state index contributed by atoms with van der Waals surface area (Å²) in [6.45, 7) is 35.6. The molecule has 1 aliphatic carbocycles. The van der Waals surface area contributed by atoms with Crippen molar-refractivity contribution in [3.05, 3.63) is 80.1 Å². The largest absolute Gasteiger partial charge is 0.460 e. The van der Waals surface area contributed by atoms with Crippen molar-refractivity contribution in [3.63, 3.8) is 0 Å². The van der Waals surface area contributed by atoms with E-state index in [1.54, 1.807) is 62.5 Å². The van der Waals surface area contributed by atoms with Crippen LogP contribution in [0.3, 0.4) is 0 Å². The first-order chi connectivity index (χ1) is 52.4. The maximum absolute atomic E-state index is 11.6. The fourth-order valence-corrected chi connectivity index (χ4v) is 11.8. The van der Waals surface area contributed by atoms with Crippen LogP contribution in [0, 0.1) is 85.0 Å². The van der Waals surface area contributed by atoms with Crippen LogP contribution in [0.15, 0.2) is 0 Å². The van der Waals surface area contributed by atoms with Crippen LogP contribution in [0.5, 0.6) is 0 Å². The molecule has 0 amide bonds. The van der Waals surface area contributed by atoms with Crippen molar-refractivity contribution in [1.82, 2.24) is 81.6 Å². The van der Waals surface area contributed by atoms with Crippen molar-refractivity contribution < 1.29 is 90.5 Å². The second-order valence-electron chi connectivity index (χ2n) is 25.0. The Morgan fingerprint density at radius 1 is 0.441 bits per heavy atom. The minimum atomic E-state index is -0.906. The second-order valence-corrected chi connectivity index (χ2v) is 34.4. The molecule has 0 aliphatic heterocycles. The number of methoxy groups -OCH3 is 2. The van der Waals surface area contributed by atoms with Gasteiger partial charge in [0.1, 0.15) is 52.8 Å². The highest BCUT2D eigenvalue weighted by molar-refractivity contribution is 7.15. The lowest BCUT2D eigenvalue weighted by Crippen LogP contribution is -2.25. The number of aromatic nitrogens is 16. The van der Waals surface area contributed by atoms with Crippen LogP contribution in [0.2, 0.25) is 0 Å². The highest BCUT2D eigenvalue weighted by atomic mass is 32.1. The van der Waals surface area contributed by atoms with Crippen molar-refractivity contribution in [3.8, 4) is 12.3 Å². The SMILES string of the molecule is C#CC(C)(C)OC(=O)c1nnc(C)s1.CCCC(=O)OC(=O)c1nnc(C)s1.CCCCC(CC)COC(=O)c1nnc(C)s1.COCCOC(=O)c1nnc(C)s1.COCOC(=O)c1nnc(C)s1.Cc1nnc(C(=O)OC2CCCC2)s1.Cc1nnc(C(=O)OCC(C)(C)C)s1.Cc1nnc(C(=O)OCC(C)C)s1. The average molecular weight is 1700 g/mol. The van der Waals surface area contributed by atoms with E-state index in [0.717, 1.165) is 84.9 Å². The lowest BCUT2D eigenvalue weighted by Gasteiger charge is -2.16. The summed E-state index contributed by atoms with van der Waals surface area (Å²) < 4.78 is 48.9. The first-order valence-corrected chi connectivity index (χ1v) is 40.9. The summed E-state index contributed by atoms with van der Waals surface area (Å²) in [5.74, 6) is -0.951. The van der Waals surface area contributed by atoms with Gasteiger partial charge in [0.05, 0.1) is 26.4 Å². The van der Waals surface area contributed by atoms with E-state index in [1.807, 2.05) is 55.4 Å². The number of carbonyl (C=O) groups excluding carboxylic acids is 9. The Bertz CT molecular complexity index is 4160. The lowest BCUT2D eigenvalue weighted by molar-refractivity contribution is -0.138. The molecular formula is C68H96N16O19S8. The molecule has 0 radical (unpaired) electrons. The van der Waals surface area contributed by atoms with Crippen LogP contribution in [0.1, 0.15) is 252 Å². The molecule has 0 N–H and O–H groups in total. The van der Waals surface area contributed by atoms with Crippen molar-refractivity contribution >= 4 is 144 Å². The normalized spacial score (nSPS) is 11.6. The van der Waals surface area contributed by atoms with Gasteiger partial charge in [0.15, 0.2) is 12.4 Å². The van der Waals surface area contributed by atoms with Gasteiger partial charge >= 0.3 is 53.7 Å². The molecule has 0 bridgehead atoms. The van der Waals surface area contributed by atoms with E-state index in [9.17, 15) is 43.2 Å². The smallest absolute Gasteiger partial charge is 0.377 e. The molecule has 1 saturated carbocycles.